The van der Waals surface area contributed by atoms with Crippen LogP contribution in [-0.2, 0) is 7.05 Å². The molecule has 5 heteroatoms. The molecule has 1 aromatic carbocycles. The van der Waals surface area contributed by atoms with Crippen molar-refractivity contribution < 1.29 is 19.1 Å². The lowest BCUT2D eigenvalue weighted by molar-refractivity contribution is 0.0698. The molecule has 4 nitrogen and oxygen atoms in total. The van der Waals surface area contributed by atoms with Crippen LogP contribution in [0.1, 0.15) is 27.6 Å². The van der Waals surface area contributed by atoms with Crippen molar-refractivity contribution >= 4 is 22.7 Å². The highest BCUT2D eigenvalue weighted by Crippen LogP contribution is 2.24. The molecule has 1 heterocycles. The van der Waals surface area contributed by atoms with E-state index in [2.05, 4.69) is 0 Å². The number of aryl methyl sites for hydroxylation is 1. The molecule has 1 N–H and O–H groups in total. The molecule has 0 saturated heterocycles. The van der Waals surface area contributed by atoms with E-state index in [0.29, 0.717) is 10.9 Å². The fourth-order valence-corrected chi connectivity index (χ4v) is 1.84. The number of carboxylic acids is 1. The molecule has 0 aliphatic rings. The van der Waals surface area contributed by atoms with Gasteiger partial charge in [-0.2, -0.15) is 0 Å². The number of ketones is 1. The Morgan fingerprint density at radius 2 is 1.94 bits per heavy atom. The molecular formula is C12H10FNO3. The quantitative estimate of drug-likeness (QED) is 0.812. The molecule has 0 fully saturated rings. The maximum atomic E-state index is 13.6. The fraction of sp³-hybridized carbons (Fsp3) is 0.167. The number of fused-ring (bicyclic) bond motifs is 1. The number of hydrogen-bond donors (Lipinski definition) is 1. The molecule has 1 aromatic heterocycles. The van der Waals surface area contributed by atoms with Crippen LogP contribution in [0.4, 0.5) is 4.39 Å². The van der Waals surface area contributed by atoms with E-state index in [1.807, 2.05) is 0 Å². The summed E-state index contributed by atoms with van der Waals surface area (Å²) in [5, 5.41) is 9.26. The molecule has 0 aliphatic heterocycles. The monoisotopic (exact) mass is 235 g/mol. The zero-order valence-corrected chi connectivity index (χ0v) is 9.32. The number of benzene rings is 1. The number of nitrogens with zero attached hydrogens (tertiary/aromatic N) is 1. The minimum absolute atomic E-state index is 0.0245. The summed E-state index contributed by atoms with van der Waals surface area (Å²) in [5.74, 6) is -2.20. The summed E-state index contributed by atoms with van der Waals surface area (Å²) in [7, 11) is 1.65. The van der Waals surface area contributed by atoms with E-state index >= 15 is 0 Å². The van der Waals surface area contributed by atoms with Crippen molar-refractivity contribution in [2.45, 2.75) is 6.92 Å². The molecule has 17 heavy (non-hydrogen) atoms. The Labute approximate surface area is 96.3 Å². The molecular weight excluding hydrogens is 225 g/mol. The van der Waals surface area contributed by atoms with Gasteiger partial charge in [0.15, 0.2) is 5.78 Å². The molecule has 0 bridgehead atoms. The smallest absolute Gasteiger partial charge is 0.337 e. The number of carbonyl (C=O) groups is 2. The van der Waals surface area contributed by atoms with E-state index in [1.165, 1.54) is 19.2 Å². The summed E-state index contributed by atoms with van der Waals surface area (Å²) in [6.07, 6.45) is 1.40. The number of aromatic carboxylic acids is 1. The molecule has 2 rings (SSSR count). The van der Waals surface area contributed by atoms with Crippen molar-refractivity contribution in [3.63, 3.8) is 0 Å². The van der Waals surface area contributed by atoms with Crippen LogP contribution in [0.2, 0.25) is 0 Å². The zero-order chi connectivity index (χ0) is 12.7. The summed E-state index contributed by atoms with van der Waals surface area (Å²) in [4.78, 5) is 22.2. The van der Waals surface area contributed by atoms with Crippen molar-refractivity contribution in [1.29, 1.82) is 0 Å². The first-order valence-electron chi connectivity index (χ1n) is 4.94. The van der Waals surface area contributed by atoms with E-state index in [9.17, 15) is 14.0 Å². The summed E-state index contributed by atoms with van der Waals surface area (Å²) in [6.45, 7) is 1.27. The van der Waals surface area contributed by atoms with E-state index in [-0.39, 0.29) is 16.9 Å². The third kappa shape index (κ3) is 1.69. The Morgan fingerprint density at radius 1 is 1.29 bits per heavy atom. The Hall–Kier alpha value is -2.17. The van der Waals surface area contributed by atoms with Crippen LogP contribution in [0.25, 0.3) is 10.9 Å². The van der Waals surface area contributed by atoms with Crippen molar-refractivity contribution in [2.24, 2.45) is 7.05 Å². The van der Waals surface area contributed by atoms with Gasteiger partial charge in [0.05, 0.1) is 11.1 Å². The number of Topliss-reactive ketones (excluding diaryl/α,β-unsaturated/α-hetero) is 1. The van der Waals surface area contributed by atoms with Crippen molar-refractivity contribution in [3.05, 3.63) is 35.3 Å². The van der Waals surface area contributed by atoms with Crippen LogP contribution < -0.4 is 0 Å². The lowest BCUT2D eigenvalue weighted by Gasteiger charge is -2.01. The van der Waals surface area contributed by atoms with Crippen LogP contribution in [0.5, 0.6) is 0 Å². The van der Waals surface area contributed by atoms with Gasteiger partial charge in [0.25, 0.3) is 0 Å². The van der Waals surface area contributed by atoms with Gasteiger partial charge in [0.2, 0.25) is 0 Å². The third-order valence-electron chi connectivity index (χ3n) is 2.69. The second-order valence-corrected chi connectivity index (χ2v) is 3.86. The van der Waals surface area contributed by atoms with Gasteiger partial charge in [-0.15, -0.1) is 0 Å². The average molecular weight is 235 g/mol. The highest BCUT2D eigenvalue weighted by atomic mass is 19.1. The topological polar surface area (TPSA) is 59.3 Å². The predicted octanol–water partition coefficient (Wildman–Crippen LogP) is 2.22. The van der Waals surface area contributed by atoms with Gasteiger partial charge in [-0.1, -0.05) is 0 Å². The SMILES string of the molecule is CC(=O)c1cc2c(cc1F)c(C(=O)O)cn2C. The van der Waals surface area contributed by atoms with E-state index in [4.69, 9.17) is 5.11 Å². The van der Waals surface area contributed by atoms with Gasteiger partial charge < -0.3 is 9.67 Å². The normalized spacial score (nSPS) is 10.8. The fourth-order valence-electron chi connectivity index (χ4n) is 1.84. The van der Waals surface area contributed by atoms with Crippen LogP contribution in [0.3, 0.4) is 0 Å². The second-order valence-electron chi connectivity index (χ2n) is 3.86. The lowest BCUT2D eigenvalue weighted by atomic mass is 10.1. The van der Waals surface area contributed by atoms with Gasteiger partial charge in [0, 0.05) is 24.1 Å². The zero-order valence-electron chi connectivity index (χ0n) is 9.32. The van der Waals surface area contributed by atoms with Gasteiger partial charge in [-0.05, 0) is 19.1 Å². The average Bonchev–Trinajstić information content (AvgIpc) is 2.54. The lowest BCUT2D eigenvalue weighted by Crippen LogP contribution is -1.98. The Balaban J connectivity index is 2.85. The molecule has 0 saturated carbocycles. The van der Waals surface area contributed by atoms with Crippen molar-refractivity contribution in [3.8, 4) is 0 Å². The first kappa shape index (κ1) is 11.3. The highest BCUT2D eigenvalue weighted by Gasteiger charge is 2.17. The molecule has 2 aromatic rings. The highest BCUT2D eigenvalue weighted by molar-refractivity contribution is 6.06. The number of carboxylic acid groups (broad SMARTS) is 1. The summed E-state index contributed by atoms with van der Waals surface area (Å²) < 4.78 is 15.2. The second kappa shape index (κ2) is 3.69. The minimum atomic E-state index is -1.12. The molecule has 0 aliphatic carbocycles. The summed E-state index contributed by atoms with van der Waals surface area (Å²) in [6, 6.07) is 2.47. The largest absolute Gasteiger partial charge is 0.478 e. The van der Waals surface area contributed by atoms with Crippen molar-refractivity contribution in [2.75, 3.05) is 0 Å². The first-order chi connectivity index (χ1) is 7.91. The maximum Gasteiger partial charge on any atom is 0.337 e. The molecule has 88 valence electrons. The number of aromatic nitrogens is 1. The predicted molar refractivity (Wildman–Crippen MR) is 59.8 cm³/mol. The molecule has 0 atom stereocenters. The van der Waals surface area contributed by atoms with E-state index in [0.717, 1.165) is 6.07 Å². The summed E-state index contributed by atoms with van der Waals surface area (Å²) in [5.41, 5.74) is 0.515. The standard InChI is InChI=1S/C12H10FNO3/c1-6(15)7-4-11-8(3-10(7)13)9(12(16)17)5-14(11)2/h3-5H,1-2H3,(H,16,17). The van der Waals surface area contributed by atoms with Crippen LogP contribution in [0.15, 0.2) is 18.3 Å². The number of carbonyl (C=O) groups excluding carboxylic acids is 1. The Kier molecular flexibility index (Phi) is 2.46. The van der Waals surface area contributed by atoms with Crippen molar-refractivity contribution in [1.82, 2.24) is 4.57 Å². The van der Waals surface area contributed by atoms with E-state index in [1.54, 1.807) is 11.6 Å². The first-order valence-corrected chi connectivity index (χ1v) is 4.94. The molecule has 0 spiro atoms. The number of halogens is 1. The molecule has 0 amide bonds. The summed E-state index contributed by atoms with van der Waals surface area (Å²) >= 11 is 0. The third-order valence-corrected chi connectivity index (χ3v) is 2.69. The molecule has 0 unspecified atom stereocenters. The number of hydrogen-bond acceptors (Lipinski definition) is 2. The molecule has 0 radical (unpaired) electrons. The Bertz CT molecular complexity index is 643. The van der Waals surface area contributed by atoms with Gasteiger partial charge in [-0.25, -0.2) is 9.18 Å². The maximum absolute atomic E-state index is 13.6. The van der Waals surface area contributed by atoms with E-state index < -0.39 is 11.8 Å². The van der Waals surface area contributed by atoms with Crippen LogP contribution >= 0.6 is 0 Å². The van der Waals surface area contributed by atoms with Crippen LogP contribution in [-0.4, -0.2) is 21.4 Å². The van der Waals surface area contributed by atoms with Gasteiger partial charge in [-0.3, -0.25) is 4.79 Å². The van der Waals surface area contributed by atoms with Gasteiger partial charge in [0.1, 0.15) is 5.82 Å². The van der Waals surface area contributed by atoms with Crippen LogP contribution in [0, 0.1) is 5.82 Å². The minimum Gasteiger partial charge on any atom is -0.478 e. The van der Waals surface area contributed by atoms with Gasteiger partial charge >= 0.3 is 5.97 Å². The Morgan fingerprint density at radius 3 is 2.47 bits per heavy atom. The number of rotatable bonds is 2.